The first-order valence-corrected chi connectivity index (χ1v) is 12.6. The van der Waals surface area contributed by atoms with Gasteiger partial charge in [0.25, 0.3) is 5.91 Å². The van der Waals surface area contributed by atoms with Crippen molar-refractivity contribution in [2.24, 2.45) is 17.4 Å². The lowest BCUT2D eigenvalue weighted by molar-refractivity contribution is -0.118. The number of fused-ring (bicyclic) bond motifs is 3. The van der Waals surface area contributed by atoms with E-state index in [9.17, 15) is 23.9 Å². The number of benzene rings is 3. The maximum Gasteiger partial charge on any atom is 0.250 e. The van der Waals surface area contributed by atoms with Crippen molar-refractivity contribution in [2.45, 2.75) is 32.3 Å². The Balaban J connectivity index is 1.58. The van der Waals surface area contributed by atoms with E-state index in [0.717, 1.165) is 12.1 Å². The number of ketones is 1. The summed E-state index contributed by atoms with van der Waals surface area (Å²) in [4.78, 5) is 40.3. The Hall–Kier alpha value is -4.63. The van der Waals surface area contributed by atoms with Crippen LogP contribution in [0.5, 0.6) is 0 Å². The van der Waals surface area contributed by atoms with Crippen molar-refractivity contribution in [3.8, 4) is 0 Å². The van der Waals surface area contributed by atoms with E-state index in [-0.39, 0.29) is 40.9 Å². The zero-order chi connectivity index (χ0) is 28.9. The SMILES string of the molecule is CC(C)(O)c1ccc2c(c1)[nH]c1c(C(N)=O)cc(F)c(C3=CC=CC3CC(=O)Cc3c(F)cccc3C(N)=O)c12. The van der Waals surface area contributed by atoms with E-state index in [0.29, 0.717) is 32.9 Å². The molecule has 0 saturated carbocycles. The van der Waals surface area contributed by atoms with Gasteiger partial charge in [-0.1, -0.05) is 36.4 Å². The fourth-order valence-electron chi connectivity index (χ4n) is 5.36. The summed E-state index contributed by atoms with van der Waals surface area (Å²) in [6, 6.07) is 10.1. The normalized spacial score (nSPS) is 15.1. The van der Waals surface area contributed by atoms with Crippen LogP contribution in [-0.2, 0) is 16.8 Å². The summed E-state index contributed by atoms with van der Waals surface area (Å²) >= 11 is 0. The number of nitrogens with one attached hydrogen (secondary N) is 1. The van der Waals surface area contributed by atoms with E-state index < -0.39 is 35.0 Å². The molecule has 0 saturated heterocycles. The minimum atomic E-state index is -1.14. The molecule has 1 unspecified atom stereocenters. The molecule has 9 heteroatoms. The Morgan fingerprint density at radius 2 is 1.73 bits per heavy atom. The molecule has 0 radical (unpaired) electrons. The maximum absolute atomic E-state index is 15.8. The Morgan fingerprint density at radius 3 is 2.40 bits per heavy atom. The number of aromatic nitrogens is 1. The van der Waals surface area contributed by atoms with Gasteiger partial charge in [0.05, 0.1) is 16.7 Å². The fraction of sp³-hybridized carbons (Fsp3) is 0.194. The van der Waals surface area contributed by atoms with Crippen molar-refractivity contribution >= 4 is 45.0 Å². The van der Waals surface area contributed by atoms with Crippen LogP contribution in [0.15, 0.2) is 60.7 Å². The van der Waals surface area contributed by atoms with Crippen LogP contribution in [0.4, 0.5) is 8.78 Å². The van der Waals surface area contributed by atoms with Gasteiger partial charge in [-0.05, 0) is 49.2 Å². The largest absolute Gasteiger partial charge is 0.386 e. The van der Waals surface area contributed by atoms with Gasteiger partial charge < -0.3 is 21.6 Å². The number of aromatic amines is 1. The number of halogens is 2. The van der Waals surface area contributed by atoms with Crippen molar-refractivity contribution in [1.82, 2.24) is 4.98 Å². The predicted octanol–water partition coefficient (Wildman–Crippen LogP) is 4.80. The molecular formula is C31H27F2N3O4. The minimum Gasteiger partial charge on any atom is -0.386 e. The zero-order valence-corrected chi connectivity index (χ0v) is 21.8. The molecule has 0 fully saturated rings. The highest BCUT2D eigenvalue weighted by Gasteiger charge is 2.29. The van der Waals surface area contributed by atoms with Crippen LogP contribution in [0.1, 0.15) is 57.7 Å². The topological polar surface area (TPSA) is 139 Å². The molecule has 6 N–H and O–H groups in total. The summed E-state index contributed by atoms with van der Waals surface area (Å²) in [5, 5.41) is 11.5. The van der Waals surface area contributed by atoms with Crippen LogP contribution >= 0.6 is 0 Å². The van der Waals surface area contributed by atoms with Crippen molar-refractivity contribution in [2.75, 3.05) is 0 Å². The lowest BCUT2D eigenvalue weighted by atomic mass is 9.86. The number of hydrogen-bond acceptors (Lipinski definition) is 4. The summed E-state index contributed by atoms with van der Waals surface area (Å²) in [5.74, 6) is -3.96. The second-order valence-electron chi connectivity index (χ2n) is 10.5. The second kappa shape index (κ2) is 9.84. The van der Waals surface area contributed by atoms with Crippen LogP contribution in [-0.4, -0.2) is 27.7 Å². The first-order chi connectivity index (χ1) is 18.9. The Kier molecular flexibility index (Phi) is 6.63. The Labute approximate surface area is 228 Å². The summed E-state index contributed by atoms with van der Waals surface area (Å²) in [6.45, 7) is 3.28. The molecule has 1 aliphatic carbocycles. The highest BCUT2D eigenvalue weighted by molar-refractivity contribution is 6.18. The molecule has 1 aromatic heterocycles. The lowest BCUT2D eigenvalue weighted by Crippen LogP contribution is -2.18. The summed E-state index contributed by atoms with van der Waals surface area (Å²) in [6.07, 6.45) is 4.71. The molecule has 0 bridgehead atoms. The number of amides is 2. The molecule has 0 aliphatic heterocycles. The van der Waals surface area contributed by atoms with E-state index in [2.05, 4.69) is 4.98 Å². The predicted molar refractivity (Wildman–Crippen MR) is 148 cm³/mol. The van der Waals surface area contributed by atoms with E-state index in [1.54, 1.807) is 50.3 Å². The standard InChI is InChI=1S/C31H27F2N3O4/c1-31(2,40)16-9-10-20-25(12-16)36-28-22(30(35)39)14-24(33)26(27(20)28)18-6-3-5-15(18)11-17(37)13-21-19(29(34)38)7-4-8-23(21)32/h3-10,12,14-15,36,40H,11,13H2,1-2H3,(H2,34,38)(H2,35,39). The first-order valence-electron chi connectivity index (χ1n) is 12.6. The van der Waals surface area contributed by atoms with Crippen LogP contribution in [0.3, 0.4) is 0 Å². The molecule has 0 spiro atoms. The monoisotopic (exact) mass is 543 g/mol. The number of aliphatic hydroxyl groups is 1. The number of carbonyl (C=O) groups excluding carboxylic acids is 3. The fourth-order valence-corrected chi connectivity index (χ4v) is 5.36. The molecule has 1 aliphatic rings. The zero-order valence-electron chi connectivity index (χ0n) is 21.8. The van der Waals surface area contributed by atoms with Gasteiger partial charge in [-0.25, -0.2) is 8.78 Å². The van der Waals surface area contributed by atoms with Crippen molar-refractivity contribution in [1.29, 1.82) is 0 Å². The molecular weight excluding hydrogens is 516 g/mol. The van der Waals surface area contributed by atoms with Crippen LogP contribution in [0, 0.1) is 17.6 Å². The quantitative estimate of drug-likeness (QED) is 0.254. The number of carbonyl (C=O) groups is 3. The van der Waals surface area contributed by atoms with Gasteiger partial charge in [-0.2, -0.15) is 0 Å². The van der Waals surface area contributed by atoms with E-state index in [4.69, 9.17) is 11.5 Å². The van der Waals surface area contributed by atoms with Gasteiger partial charge in [-0.15, -0.1) is 0 Å². The average Bonchev–Trinajstić information content (AvgIpc) is 3.48. The third-order valence-corrected chi connectivity index (χ3v) is 7.31. The number of H-pyrrole nitrogens is 1. The highest BCUT2D eigenvalue weighted by atomic mass is 19.1. The van der Waals surface area contributed by atoms with Gasteiger partial charge in [0.15, 0.2) is 0 Å². The third kappa shape index (κ3) is 4.69. The van der Waals surface area contributed by atoms with Crippen molar-refractivity contribution in [3.63, 3.8) is 0 Å². The van der Waals surface area contributed by atoms with Crippen LogP contribution < -0.4 is 11.5 Å². The van der Waals surface area contributed by atoms with Gasteiger partial charge >= 0.3 is 0 Å². The summed E-state index contributed by atoms with van der Waals surface area (Å²) in [7, 11) is 0. The van der Waals surface area contributed by atoms with Gasteiger partial charge in [0.2, 0.25) is 5.91 Å². The lowest BCUT2D eigenvalue weighted by Gasteiger charge is -2.18. The molecule has 1 heterocycles. The molecule has 7 nitrogen and oxygen atoms in total. The minimum absolute atomic E-state index is 0.0324. The van der Waals surface area contributed by atoms with Crippen molar-refractivity contribution < 1.29 is 28.3 Å². The van der Waals surface area contributed by atoms with Gasteiger partial charge in [-0.3, -0.25) is 14.4 Å². The van der Waals surface area contributed by atoms with E-state index >= 15 is 4.39 Å². The molecule has 2 amide bonds. The van der Waals surface area contributed by atoms with E-state index in [1.807, 2.05) is 0 Å². The maximum atomic E-state index is 15.8. The summed E-state index contributed by atoms with van der Waals surface area (Å²) in [5.41, 5.74) is 11.9. The first kappa shape index (κ1) is 27.0. The number of primary amides is 2. The molecule has 1 atom stereocenters. The molecule has 204 valence electrons. The van der Waals surface area contributed by atoms with Crippen molar-refractivity contribution in [3.05, 3.63) is 100 Å². The number of hydrogen-bond donors (Lipinski definition) is 4. The second-order valence-corrected chi connectivity index (χ2v) is 10.5. The number of Topliss-reactive ketones (excluding diaryl/α,β-unsaturated/α-hetero) is 1. The molecule has 40 heavy (non-hydrogen) atoms. The number of rotatable bonds is 8. The third-order valence-electron chi connectivity index (χ3n) is 7.31. The van der Waals surface area contributed by atoms with Gasteiger partial charge in [0, 0.05) is 51.7 Å². The average molecular weight is 544 g/mol. The molecule has 3 aromatic carbocycles. The smallest absolute Gasteiger partial charge is 0.250 e. The Bertz CT molecular complexity index is 1790. The van der Waals surface area contributed by atoms with Gasteiger partial charge in [0.1, 0.15) is 17.4 Å². The summed E-state index contributed by atoms with van der Waals surface area (Å²) < 4.78 is 30.3. The van der Waals surface area contributed by atoms with E-state index in [1.165, 1.54) is 12.1 Å². The molecule has 5 rings (SSSR count). The van der Waals surface area contributed by atoms with Crippen LogP contribution in [0.2, 0.25) is 0 Å². The van der Waals surface area contributed by atoms with Crippen LogP contribution in [0.25, 0.3) is 27.4 Å². The number of allylic oxidation sites excluding steroid dienone is 4. The Morgan fingerprint density at radius 1 is 1.00 bits per heavy atom. The number of nitrogens with two attached hydrogens (primary N) is 2. The molecule has 4 aromatic rings. The highest BCUT2D eigenvalue weighted by Crippen LogP contribution is 2.42.